The fraction of sp³-hybridized carbons (Fsp3) is 0.600. The second-order valence-corrected chi connectivity index (χ2v) is 5.24. The van der Waals surface area contributed by atoms with E-state index in [0.717, 1.165) is 12.2 Å². The van der Waals surface area contributed by atoms with E-state index in [1.54, 1.807) is 19.2 Å². The number of anilines is 1. The molecule has 0 amide bonds. The molecule has 0 heterocycles. The molecule has 4 heteroatoms. The van der Waals surface area contributed by atoms with E-state index in [9.17, 15) is 4.39 Å². The summed E-state index contributed by atoms with van der Waals surface area (Å²) in [5.74, 6) is 0.329. The number of hydrogen-bond donors (Lipinski definition) is 1. The fourth-order valence-electron chi connectivity index (χ4n) is 3.02. The highest BCUT2D eigenvalue weighted by Crippen LogP contribution is 2.44. The van der Waals surface area contributed by atoms with Gasteiger partial charge in [-0.25, -0.2) is 4.39 Å². The molecular weight excluding hydrogens is 243 g/mol. The zero-order valence-corrected chi connectivity index (χ0v) is 11.7. The van der Waals surface area contributed by atoms with Gasteiger partial charge in [-0.1, -0.05) is 6.07 Å². The van der Waals surface area contributed by atoms with Gasteiger partial charge in [0.15, 0.2) is 0 Å². The quantitative estimate of drug-likeness (QED) is 0.823. The lowest BCUT2D eigenvalue weighted by molar-refractivity contribution is 0.117. The molecule has 1 aliphatic carbocycles. The van der Waals surface area contributed by atoms with Crippen LogP contribution in [-0.2, 0) is 4.74 Å². The number of nitrogens with two attached hydrogens (primary N) is 1. The normalized spacial score (nSPS) is 18.1. The van der Waals surface area contributed by atoms with Crippen LogP contribution in [0.5, 0.6) is 0 Å². The van der Waals surface area contributed by atoms with Gasteiger partial charge in [0.1, 0.15) is 5.82 Å². The third-order valence-electron chi connectivity index (χ3n) is 4.06. The minimum atomic E-state index is -0.213. The Morgan fingerprint density at radius 2 is 2.21 bits per heavy atom. The molecule has 1 aromatic carbocycles. The van der Waals surface area contributed by atoms with Crippen molar-refractivity contribution in [2.75, 3.05) is 31.7 Å². The van der Waals surface area contributed by atoms with Crippen molar-refractivity contribution in [1.29, 1.82) is 0 Å². The van der Waals surface area contributed by atoms with E-state index in [0.29, 0.717) is 19.1 Å². The van der Waals surface area contributed by atoms with Crippen molar-refractivity contribution in [2.24, 2.45) is 11.7 Å². The molecule has 1 unspecified atom stereocenters. The van der Waals surface area contributed by atoms with Crippen molar-refractivity contribution in [2.45, 2.75) is 25.3 Å². The predicted octanol–water partition coefficient (Wildman–Crippen LogP) is 2.41. The standard InChI is InChI=1S/C15H23FN2O/c1-3-18(14-6-4-5-13(16)9-14)15(10-17,11-19-2)12-7-8-12/h4-6,9,12H,3,7-8,10-11,17H2,1-2H3. The van der Waals surface area contributed by atoms with E-state index in [1.807, 2.05) is 6.07 Å². The maximum atomic E-state index is 13.5. The van der Waals surface area contributed by atoms with Gasteiger partial charge in [0.2, 0.25) is 0 Å². The monoisotopic (exact) mass is 266 g/mol. The molecule has 3 nitrogen and oxygen atoms in total. The van der Waals surface area contributed by atoms with E-state index in [1.165, 1.54) is 18.9 Å². The van der Waals surface area contributed by atoms with E-state index >= 15 is 0 Å². The fourth-order valence-corrected chi connectivity index (χ4v) is 3.02. The number of ether oxygens (including phenoxy) is 1. The third kappa shape index (κ3) is 2.74. The molecule has 0 spiro atoms. The van der Waals surface area contributed by atoms with Gasteiger partial charge in [-0.3, -0.25) is 0 Å². The number of rotatable bonds is 7. The van der Waals surface area contributed by atoms with E-state index in [-0.39, 0.29) is 11.4 Å². The first-order valence-corrected chi connectivity index (χ1v) is 6.90. The summed E-state index contributed by atoms with van der Waals surface area (Å²) in [5.41, 5.74) is 6.75. The van der Waals surface area contributed by atoms with Crippen LogP contribution in [0.4, 0.5) is 10.1 Å². The van der Waals surface area contributed by atoms with Crippen molar-refractivity contribution in [3.63, 3.8) is 0 Å². The number of nitrogens with zero attached hydrogens (tertiary/aromatic N) is 1. The van der Waals surface area contributed by atoms with Gasteiger partial charge >= 0.3 is 0 Å². The first kappa shape index (κ1) is 14.3. The zero-order chi connectivity index (χ0) is 13.9. The molecule has 19 heavy (non-hydrogen) atoms. The van der Waals surface area contributed by atoms with Crippen molar-refractivity contribution >= 4 is 5.69 Å². The van der Waals surface area contributed by atoms with Crippen LogP contribution in [0.2, 0.25) is 0 Å². The summed E-state index contributed by atoms with van der Waals surface area (Å²) in [7, 11) is 1.70. The predicted molar refractivity (Wildman–Crippen MR) is 75.8 cm³/mol. The largest absolute Gasteiger partial charge is 0.382 e. The number of halogens is 1. The Morgan fingerprint density at radius 3 is 2.68 bits per heavy atom. The molecule has 106 valence electrons. The molecule has 0 saturated heterocycles. The molecule has 0 bridgehead atoms. The maximum Gasteiger partial charge on any atom is 0.125 e. The highest BCUT2D eigenvalue weighted by molar-refractivity contribution is 5.50. The Hall–Kier alpha value is -1.13. The lowest BCUT2D eigenvalue weighted by Crippen LogP contribution is -2.59. The van der Waals surface area contributed by atoms with Crippen LogP contribution in [0.15, 0.2) is 24.3 Å². The number of hydrogen-bond acceptors (Lipinski definition) is 3. The smallest absolute Gasteiger partial charge is 0.125 e. The van der Waals surface area contributed by atoms with Crippen LogP contribution in [0, 0.1) is 11.7 Å². The Balaban J connectivity index is 2.36. The Morgan fingerprint density at radius 1 is 1.47 bits per heavy atom. The molecule has 1 fully saturated rings. The minimum absolute atomic E-state index is 0.211. The third-order valence-corrected chi connectivity index (χ3v) is 4.06. The summed E-state index contributed by atoms with van der Waals surface area (Å²) in [6.07, 6.45) is 2.35. The van der Waals surface area contributed by atoms with Gasteiger partial charge in [0.05, 0.1) is 12.1 Å². The van der Waals surface area contributed by atoms with Crippen LogP contribution < -0.4 is 10.6 Å². The van der Waals surface area contributed by atoms with Crippen molar-refractivity contribution in [3.05, 3.63) is 30.1 Å². The molecule has 0 aromatic heterocycles. The summed E-state index contributed by atoms with van der Waals surface area (Å²) >= 11 is 0. The first-order valence-electron chi connectivity index (χ1n) is 6.90. The van der Waals surface area contributed by atoms with Gasteiger partial charge in [-0.05, 0) is 43.9 Å². The molecule has 1 aliphatic rings. The zero-order valence-electron chi connectivity index (χ0n) is 11.7. The van der Waals surface area contributed by atoms with Crippen LogP contribution in [0.1, 0.15) is 19.8 Å². The molecule has 1 atom stereocenters. The van der Waals surface area contributed by atoms with Gasteiger partial charge in [0, 0.05) is 25.9 Å². The Kier molecular flexibility index (Phi) is 4.42. The van der Waals surface area contributed by atoms with E-state index in [2.05, 4.69) is 11.8 Å². The average molecular weight is 266 g/mol. The minimum Gasteiger partial charge on any atom is -0.382 e. The summed E-state index contributed by atoms with van der Waals surface area (Å²) in [4.78, 5) is 2.21. The number of methoxy groups -OCH3 is 1. The molecule has 0 aliphatic heterocycles. The van der Waals surface area contributed by atoms with E-state index in [4.69, 9.17) is 10.5 Å². The lowest BCUT2D eigenvalue weighted by Gasteiger charge is -2.44. The van der Waals surface area contributed by atoms with Crippen molar-refractivity contribution in [1.82, 2.24) is 0 Å². The first-order chi connectivity index (χ1) is 9.17. The van der Waals surface area contributed by atoms with Crippen LogP contribution in [-0.4, -0.2) is 32.3 Å². The molecule has 1 saturated carbocycles. The second-order valence-electron chi connectivity index (χ2n) is 5.24. The second kappa shape index (κ2) is 5.88. The summed E-state index contributed by atoms with van der Waals surface area (Å²) < 4.78 is 18.9. The van der Waals surface area contributed by atoms with Gasteiger partial charge in [-0.15, -0.1) is 0 Å². The number of likely N-dealkylation sites (N-methyl/N-ethyl adjacent to an activating group) is 1. The molecular formula is C15H23FN2O. The summed E-state index contributed by atoms with van der Waals surface area (Å²) in [6.45, 7) is 3.97. The highest BCUT2D eigenvalue weighted by atomic mass is 19.1. The van der Waals surface area contributed by atoms with Crippen molar-refractivity contribution < 1.29 is 9.13 Å². The molecule has 1 aromatic rings. The number of benzene rings is 1. The van der Waals surface area contributed by atoms with Crippen molar-refractivity contribution in [3.8, 4) is 0 Å². The average Bonchev–Trinajstić information content (AvgIpc) is 3.23. The molecule has 0 radical (unpaired) electrons. The van der Waals surface area contributed by atoms with Crippen LogP contribution in [0.25, 0.3) is 0 Å². The van der Waals surface area contributed by atoms with E-state index < -0.39 is 0 Å². The molecule has 2 N–H and O–H groups in total. The van der Waals surface area contributed by atoms with Crippen LogP contribution >= 0.6 is 0 Å². The SMILES string of the molecule is CCN(c1cccc(F)c1)C(CN)(COC)C1CC1. The Bertz CT molecular complexity index is 422. The summed E-state index contributed by atoms with van der Waals surface area (Å²) in [5, 5.41) is 0. The topological polar surface area (TPSA) is 38.5 Å². The van der Waals surface area contributed by atoms with Crippen LogP contribution in [0.3, 0.4) is 0 Å². The lowest BCUT2D eigenvalue weighted by atomic mass is 9.91. The summed E-state index contributed by atoms with van der Waals surface area (Å²) in [6, 6.07) is 6.73. The Labute approximate surface area is 114 Å². The van der Waals surface area contributed by atoms with Gasteiger partial charge in [-0.2, -0.15) is 0 Å². The van der Waals surface area contributed by atoms with Gasteiger partial charge in [0.25, 0.3) is 0 Å². The highest BCUT2D eigenvalue weighted by Gasteiger charge is 2.48. The maximum absolute atomic E-state index is 13.5. The molecule has 2 rings (SSSR count). The van der Waals surface area contributed by atoms with Gasteiger partial charge < -0.3 is 15.4 Å².